The summed E-state index contributed by atoms with van der Waals surface area (Å²) in [5.74, 6) is 0.858. The minimum atomic E-state index is 0.758. The van der Waals surface area contributed by atoms with Gasteiger partial charge in [0.05, 0.1) is 0 Å². The number of fused-ring (bicyclic) bond motifs is 1. The largest absolute Gasteiger partial charge is 0.298 e. The van der Waals surface area contributed by atoms with Crippen LogP contribution in [0.25, 0.3) is 0 Å². The van der Waals surface area contributed by atoms with E-state index >= 15 is 0 Å². The lowest BCUT2D eigenvalue weighted by Gasteiger charge is -2.43. The summed E-state index contributed by atoms with van der Waals surface area (Å²) in [4.78, 5) is 2.66. The molecule has 4 rings (SSSR count). The molecule has 0 aliphatic carbocycles. The highest BCUT2D eigenvalue weighted by Crippen LogP contribution is 2.28. The fraction of sp³-hybridized carbons (Fsp3) is 0.647. The number of hydrogen-bond acceptors (Lipinski definition) is 3. The molecule has 2 saturated heterocycles. The molecular weight excluding hydrogens is 275 g/mol. The van der Waals surface area contributed by atoms with Crippen LogP contribution in [-0.4, -0.2) is 48.7 Å². The highest BCUT2D eigenvalue weighted by atomic mass is 32.1. The molecule has 0 bridgehead atoms. The Labute approximate surface area is 134 Å². The van der Waals surface area contributed by atoms with Crippen LogP contribution in [0.15, 0.2) is 12.1 Å². The van der Waals surface area contributed by atoms with Crippen LogP contribution in [0, 0.1) is 12.8 Å². The van der Waals surface area contributed by atoms with E-state index in [0.29, 0.717) is 0 Å². The standard InChI is InChI=1S/C17H24BN2S/c1-12-15(3-2-14-4-6-18-17(12)14)8-13-9-19(10-13)16-5-7-20(21)11-16/h2-3,13,16,21H,4-11H2,1H3. The van der Waals surface area contributed by atoms with Crippen LogP contribution < -0.4 is 5.46 Å². The maximum Gasteiger partial charge on any atom is 0.152 e. The van der Waals surface area contributed by atoms with Gasteiger partial charge in [0.2, 0.25) is 0 Å². The van der Waals surface area contributed by atoms with Crippen molar-refractivity contribution in [1.82, 2.24) is 9.21 Å². The van der Waals surface area contributed by atoms with Gasteiger partial charge in [0.25, 0.3) is 0 Å². The molecule has 0 amide bonds. The second kappa shape index (κ2) is 5.64. The SMILES string of the molecule is Cc1c(CC2CN(C3CCN(S)C3)C2)ccc2c1[B]CC2. The molecule has 1 atom stereocenters. The number of nitrogens with zero attached hydrogens (tertiary/aromatic N) is 2. The van der Waals surface area contributed by atoms with Crippen molar-refractivity contribution in [1.29, 1.82) is 0 Å². The van der Waals surface area contributed by atoms with Gasteiger partial charge in [-0.05, 0) is 37.7 Å². The Kier molecular flexibility index (Phi) is 3.80. The van der Waals surface area contributed by atoms with Gasteiger partial charge in [-0.25, -0.2) is 0 Å². The van der Waals surface area contributed by atoms with Crippen molar-refractivity contribution < 1.29 is 0 Å². The molecule has 111 valence electrons. The molecule has 2 fully saturated rings. The van der Waals surface area contributed by atoms with E-state index in [4.69, 9.17) is 0 Å². The summed E-state index contributed by atoms with van der Waals surface area (Å²) in [5, 5.41) is 0. The first-order chi connectivity index (χ1) is 10.2. The number of benzene rings is 1. The lowest BCUT2D eigenvalue weighted by Crippen LogP contribution is -2.53. The van der Waals surface area contributed by atoms with E-state index in [9.17, 15) is 0 Å². The zero-order valence-electron chi connectivity index (χ0n) is 12.9. The smallest absolute Gasteiger partial charge is 0.152 e. The third kappa shape index (κ3) is 2.66. The normalized spacial score (nSPS) is 26.7. The molecule has 1 radical (unpaired) electrons. The first kappa shape index (κ1) is 14.2. The van der Waals surface area contributed by atoms with Crippen LogP contribution in [0.1, 0.15) is 23.1 Å². The summed E-state index contributed by atoms with van der Waals surface area (Å²) in [5.41, 5.74) is 6.24. The molecule has 1 aromatic carbocycles. The molecule has 0 N–H and O–H groups in total. The van der Waals surface area contributed by atoms with Crippen molar-refractivity contribution in [3.05, 3.63) is 28.8 Å². The van der Waals surface area contributed by atoms with Crippen LogP contribution in [0.3, 0.4) is 0 Å². The van der Waals surface area contributed by atoms with Gasteiger partial charge in [-0.15, -0.1) is 0 Å². The highest BCUT2D eigenvalue weighted by molar-refractivity contribution is 7.77. The maximum absolute atomic E-state index is 4.47. The van der Waals surface area contributed by atoms with E-state index in [0.717, 1.165) is 25.0 Å². The van der Waals surface area contributed by atoms with Crippen molar-refractivity contribution >= 4 is 25.6 Å². The predicted octanol–water partition coefficient (Wildman–Crippen LogP) is 1.69. The lowest BCUT2D eigenvalue weighted by atomic mass is 9.69. The van der Waals surface area contributed by atoms with Crippen LogP contribution in [0.2, 0.25) is 6.32 Å². The summed E-state index contributed by atoms with van der Waals surface area (Å²) >= 11 is 4.47. The van der Waals surface area contributed by atoms with Crippen LogP contribution in [0.4, 0.5) is 0 Å². The quantitative estimate of drug-likeness (QED) is 0.670. The molecule has 0 aromatic heterocycles. The molecular formula is C17H24BN2S. The number of rotatable bonds is 3. The predicted molar refractivity (Wildman–Crippen MR) is 92.8 cm³/mol. The summed E-state index contributed by atoms with van der Waals surface area (Å²) in [7, 11) is 2.43. The molecule has 0 saturated carbocycles. The molecule has 3 aliphatic rings. The molecule has 2 nitrogen and oxygen atoms in total. The fourth-order valence-electron chi connectivity index (χ4n) is 4.30. The number of thiol groups is 1. The minimum absolute atomic E-state index is 0.758. The summed E-state index contributed by atoms with van der Waals surface area (Å²) < 4.78 is 2.17. The molecule has 0 spiro atoms. The van der Waals surface area contributed by atoms with Gasteiger partial charge in [-0.3, -0.25) is 9.21 Å². The Hall–Kier alpha value is -0.445. The van der Waals surface area contributed by atoms with E-state index in [-0.39, 0.29) is 0 Å². The van der Waals surface area contributed by atoms with E-state index in [1.165, 1.54) is 38.7 Å². The van der Waals surface area contributed by atoms with E-state index in [1.54, 1.807) is 22.2 Å². The third-order valence-electron chi connectivity index (χ3n) is 5.63. The Morgan fingerprint density at radius 1 is 1.29 bits per heavy atom. The molecule has 1 aromatic rings. The Bertz CT molecular complexity index is 542. The molecule has 4 heteroatoms. The van der Waals surface area contributed by atoms with E-state index in [2.05, 4.69) is 48.4 Å². The molecule has 21 heavy (non-hydrogen) atoms. The summed E-state index contributed by atoms with van der Waals surface area (Å²) in [6, 6.07) is 5.52. The van der Waals surface area contributed by atoms with Crippen LogP contribution >= 0.6 is 12.8 Å². The minimum Gasteiger partial charge on any atom is -0.298 e. The summed E-state index contributed by atoms with van der Waals surface area (Å²) in [6.45, 7) is 7.18. The van der Waals surface area contributed by atoms with Gasteiger partial charge in [0.1, 0.15) is 0 Å². The van der Waals surface area contributed by atoms with Gasteiger partial charge in [-0.1, -0.05) is 47.9 Å². The molecule has 3 heterocycles. The average molecular weight is 299 g/mol. The van der Waals surface area contributed by atoms with Crippen molar-refractivity contribution in [3.63, 3.8) is 0 Å². The summed E-state index contributed by atoms with van der Waals surface area (Å²) in [6.07, 6.45) is 5.04. The van der Waals surface area contributed by atoms with Gasteiger partial charge in [0.15, 0.2) is 7.28 Å². The number of hydrogen-bond donors (Lipinski definition) is 1. The van der Waals surface area contributed by atoms with Crippen LogP contribution in [-0.2, 0) is 12.8 Å². The van der Waals surface area contributed by atoms with E-state index in [1.807, 2.05) is 0 Å². The van der Waals surface area contributed by atoms with Crippen molar-refractivity contribution in [2.75, 3.05) is 26.2 Å². The fourth-order valence-corrected chi connectivity index (χ4v) is 4.60. The number of likely N-dealkylation sites (tertiary alicyclic amines) is 1. The lowest BCUT2D eigenvalue weighted by molar-refractivity contribution is 0.0590. The van der Waals surface area contributed by atoms with E-state index < -0.39 is 0 Å². The van der Waals surface area contributed by atoms with Gasteiger partial charge >= 0.3 is 0 Å². The van der Waals surface area contributed by atoms with Gasteiger partial charge in [-0.2, -0.15) is 0 Å². The van der Waals surface area contributed by atoms with Crippen molar-refractivity contribution in [2.45, 2.75) is 38.5 Å². The Morgan fingerprint density at radius 3 is 2.90 bits per heavy atom. The highest BCUT2D eigenvalue weighted by Gasteiger charge is 2.35. The first-order valence-corrected chi connectivity index (χ1v) is 8.73. The topological polar surface area (TPSA) is 6.48 Å². The second-order valence-electron chi connectivity index (χ2n) is 7.04. The zero-order chi connectivity index (χ0) is 14.4. The zero-order valence-corrected chi connectivity index (χ0v) is 13.8. The first-order valence-electron chi connectivity index (χ1n) is 8.33. The molecule has 1 unspecified atom stereocenters. The number of aryl methyl sites for hydroxylation is 1. The van der Waals surface area contributed by atoms with Gasteiger partial charge in [0, 0.05) is 32.2 Å². The molecule has 3 aliphatic heterocycles. The average Bonchev–Trinajstić information content (AvgIpc) is 3.04. The maximum atomic E-state index is 4.47. The van der Waals surface area contributed by atoms with Crippen molar-refractivity contribution in [2.24, 2.45) is 5.92 Å². The third-order valence-corrected chi connectivity index (χ3v) is 6.00. The van der Waals surface area contributed by atoms with Gasteiger partial charge < -0.3 is 0 Å². The second-order valence-corrected chi connectivity index (χ2v) is 7.61. The van der Waals surface area contributed by atoms with Crippen molar-refractivity contribution in [3.8, 4) is 0 Å². The monoisotopic (exact) mass is 299 g/mol. The Morgan fingerprint density at radius 2 is 2.14 bits per heavy atom. The van der Waals surface area contributed by atoms with Crippen LogP contribution in [0.5, 0.6) is 0 Å². The Balaban J connectivity index is 1.36.